The Kier molecular flexibility index (Phi) is 4.14. The van der Waals surface area contributed by atoms with Gasteiger partial charge in [0.1, 0.15) is 10.8 Å². The van der Waals surface area contributed by atoms with E-state index in [1.54, 1.807) is 29.6 Å². The fourth-order valence-corrected chi connectivity index (χ4v) is 4.16. The standard InChI is InChI=1S/C17H19N5S2/c1-9(24-17-21-15(18)6-16(22-17)23-2)13-5-11-12(10-3-4-10)7-19-14(11)8-20-13/h5-10,19H,3-4H2,1-2H3,(H2,18,21,22). The molecule has 1 aliphatic rings. The van der Waals surface area contributed by atoms with E-state index in [-0.39, 0.29) is 5.25 Å². The highest BCUT2D eigenvalue weighted by Gasteiger charge is 2.26. The maximum atomic E-state index is 5.87. The van der Waals surface area contributed by atoms with Crippen molar-refractivity contribution in [1.82, 2.24) is 19.9 Å². The zero-order valence-electron chi connectivity index (χ0n) is 13.6. The van der Waals surface area contributed by atoms with Gasteiger partial charge in [-0.25, -0.2) is 9.97 Å². The Hall–Kier alpha value is -1.73. The van der Waals surface area contributed by atoms with Crippen LogP contribution in [0.1, 0.15) is 42.2 Å². The zero-order chi connectivity index (χ0) is 16.7. The minimum Gasteiger partial charge on any atom is -0.384 e. The summed E-state index contributed by atoms with van der Waals surface area (Å²) < 4.78 is 0. The lowest BCUT2D eigenvalue weighted by Crippen LogP contribution is -1.99. The van der Waals surface area contributed by atoms with Crippen LogP contribution in [0.3, 0.4) is 0 Å². The molecule has 1 unspecified atom stereocenters. The molecule has 124 valence electrons. The number of nitrogens with two attached hydrogens (primary N) is 1. The molecule has 3 aromatic heterocycles. The van der Waals surface area contributed by atoms with E-state index >= 15 is 0 Å². The molecule has 0 aromatic carbocycles. The van der Waals surface area contributed by atoms with Crippen LogP contribution >= 0.6 is 23.5 Å². The molecular formula is C17H19N5S2. The van der Waals surface area contributed by atoms with Crippen molar-refractivity contribution in [1.29, 1.82) is 0 Å². The molecule has 0 spiro atoms. The monoisotopic (exact) mass is 357 g/mol. The number of nitrogens with zero attached hydrogens (tertiary/aromatic N) is 3. The number of pyridine rings is 1. The molecular weight excluding hydrogens is 338 g/mol. The number of hydrogen-bond donors (Lipinski definition) is 2. The second kappa shape index (κ2) is 6.29. The topological polar surface area (TPSA) is 80.5 Å². The summed E-state index contributed by atoms with van der Waals surface area (Å²) >= 11 is 3.16. The van der Waals surface area contributed by atoms with E-state index in [1.807, 2.05) is 12.5 Å². The molecule has 1 fully saturated rings. The van der Waals surface area contributed by atoms with Crippen molar-refractivity contribution in [2.24, 2.45) is 0 Å². The maximum Gasteiger partial charge on any atom is 0.191 e. The largest absolute Gasteiger partial charge is 0.384 e. The van der Waals surface area contributed by atoms with Crippen LogP contribution in [-0.4, -0.2) is 26.2 Å². The molecule has 24 heavy (non-hydrogen) atoms. The van der Waals surface area contributed by atoms with Gasteiger partial charge in [-0.15, -0.1) is 11.8 Å². The molecule has 3 heterocycles. The third-order valence-electron chi connectivity index (χ3n) is 4.25. The van der Waals surface area contributed by atoms with Gasteiger partial charge >= 0.3 is 0 Å². The Bertz CT molecular complexity index is 888. The smallest absolute Gasteiger partial charge is 0.191 e. The summed E-state index contributed by atoms with van der Waals surface area (Å²) in [6.07, 6.45) is 8.64. The van der Waals surface area contributed by atoms with Gasteiger partial charge in [-0.05, 0) is 43.6 Å². The molecule has 3 aromatic rings. The number of H-pyrrole nitrogens is 1. The Morgan fingerprint density at radius 1 is 1.29 bits per heavy atom. The lowest BCUT2D eigenvalue weighted by Gasteiger charge is -2.11. The lowest BCUT2D eigenvalue weighted by molar-refractivity contribution is 0.888. The highest BCUT2D eigenvalue weighted by molar-refractivity contribution is 7.99. The van der Waals surface area contributed by atoms with Crippen LogP contribution in [0.4, 0.5) is 5.82 Å². The van der Waals surface area contributed by atoms with Crippen LogP contribution in [0, 0.1) is 0 Å². The normalized spacial score (nSPS) is 15.8. The summed E-state index contributed by atoms with van der Waals surface area (Å²) in [5.74, 6) is 1.23. The molecule has 4 rings (SSSR count). The van der Waals surface area contributed by atoms with E-state index < -0.39 is 0 Å². The summed E-state index contributed by atoms with van der Waals surface area (Å²) in [5, 5.41) is 3.05. The fourth-order valence-electron chi connectivity index (χ4n) is 2.81. The lowest BCUT2D eigenvalue weighted by atomic mass is 10.1. The summed E-state index contributed by atoms with van der Waals surface area (Å²) in [6, 6.07) is 4.00. The van der Waals surface area contributed by atoms with Gasteiger partial charge in [0.05, 0.1) is 22.7 Å². The minimum atomic E-state index is 0.160. The molecule has 1 aliphatic carbocycles. The van der Waals surface area contributed by atoms with Crippen molar-refractivity contribution >= 4 is 40.2 Å². The van der Waals surface area contributed by atoms with Gasteiger partial charge in [-0.1, -0.05) is 11.8 Å². The highest BCUT2D eigenvalue weighted by Crippen LogP contribution is 2.44. The summed E-state index contributed by atoms with van der Waals surface area (Å²) in [6.45, 7) is 2.13. The van der Waals surface area contributed by atoms with Crippen molar-refractivity contribution in [2.45, 2.75) is 41.1 Å². The molecule has 7 heteroatoms. The average molecular weight is 358 g/mol. The van der Waals surface area contributed by atoms with Crippen molar-refractivity contribution in [2.75, 3.05) is 12.0 Å². The average Bonchev–Trinajstić information content (AvgIpc) is 3.33. The van der Waals surface area contributed by atoms with Crippen LogP contribution in [-0.2, 0) is 0 Å². The quantitative estimate of drug-likeness (QED) is 0.400. The van der Waals surface area contributed by atoms with Crippen molar-refractivity contribution < 1.29 is 0 Å². The SMILES string of the molecule is CSc1cc(N)nc(SC(C)c2cc3c(C4CC4)c[nH]c3cn2)n1. The third-order valence-corrected chi connectivity index (χ3v) is 5.86. The van der Waals surface area contributed by atoms with Crippen LogP contribution in [0.15, 0.2) is 34.7 Å². The number of rotatable bonds is 5. The number of nitrogens with one attached hydrogen (secondary N) is 1. The van der Waals surface area contributed by atoms with E-state index in [4.69, 9.17) is 5.73 Å². The van der Waals surface area contributed by atoms with Crippen molar-refractivity contribution in [3.05, 3.63) is 35.8 Å². The van der Waals surface area contributed by atoms with Crippen LogP contribution < -0.4 is 5.73 Å². The Balaban J connectivity index is 1.62. The summed E-state index contributed by atoms with van der Waals surface area (Å²) in [5.41, 5.74) is 9.46. The highest BCUT2D eigenvalue weighted by atomic mass is 32.2. The maximum absolute atomic E-state index is 5.87. The number of aromatic amines is 1. The van der Waals surface area contributed by atoms with Crippen LogP contribution in [0.25, 0.3) is 10.9 Å². The van der Waals surface area contributed by atoms with Gasteiger partial charge in [-0.2, -0.15) is 0 Å². The second-order valence-electron chi connectivity index (χ2n) is 6.05. The second-order valence-corrected chi connectivity index (χ2v) is 8.19. The Morgan fingerprint density at radius 2 is 2.12 bits per heavy atom. The van der Waals surface area contributed by atoms with Gasteiger partial charge in [0.25, 0.3) is 0 Å². The molecule has 5 nitrogen and oxygen atoms in total. The molecule has 0 bridgehead atoms. The zero-order valence-corrected chi connectivity index (χ0v) is 15.2. The number of nitrogen functional groups attached to an aromatic ring is 1. The first kappa shape index (κ1) is 15.8. The molecule has 0 radical (unpaired) electrons. The number of fused-ring (bicyclic) bond motifs is 1. The Morgan fingerprint density at radius 3 is 2.88 bits per heavy atom. The molecule has 1 atom stereocenters. The predicted molar refractivity (Wildman–Crippen MR) is 101 cm³/mol. The van der Waals surface area contributed by atoms with Crippen LogP contribution in [0.5, 0.6) is 0 Å². The molecule has 0 saturated heterocycles. The first-order valence-electron chi connectivity index (χ1n) is 7.96. The minimum absolute atomic E-state index is 0.160. The molecule has 3 N–H and O–H groups in total. The Labute approximate surface area is 149 Å². The van der Waals surface area contributed by atoms with Gasteiger partial charge < -0.3 is 10.7 Å². The third kappa shape index (κ3) is 3.10. The van der Waals surface area contributed by atoms with Gasteiger partial charge in [-0.3, -0.25) is 4.98 Å². The fraction of sp³-hybridized carbons (Fsp3) is 0.353. The summed E-state index contributed by atoms with van der Waals surface area (Å²) in [4.78, 5) is 16.8. The van der Waals surface area contributed by atoms with Gasteiger partial charge in [0.2, 0.25) is 0 Å². The summed E-state index contributed by atoms with van der Waals surface area (Å²) in [7, 11) is 0. The predicted octanol–water partition coefficient (Wildman–Crippen LogP) is 4.39. The first-order chi connectivity index (χ1) is 11.6. The van der Waals surface area contributed by atoms with E-state index in [9.17, 15) is 0 Å². The number of hydrogen-bond acceptors (Lipinski definition) is 6. The van der Waals surface area contributed by atoms with E-state index in [2.05, 4.69) is 39.1 Å². The van der Waals surface area contributed by atoms with Crippen molar-refractivity contribution in [3.63, 3.8) is 0 Å². The molecule has 0 aliphatic heterocycles. The van der Waals surface area contributed by atoms with Gasteiger partial charge in [0.15, 0.2) is 5.16 Å². The molecule has 0 amide bonds. The van der Waals surface area contributed by atoms with Crippen LogP contribution in [0.2, 0.25) is 0 Å². The van der Waals surface area contributed by atoms with E-state index in [0.29, 0.717) is 11.0 Å². The van der Waals surface area contributed by atoms with Gasteiger partial charge in [0, 0.05) is 17.6 Å². The molecule has 1 saturated carbocycles. The number of anilines is 1. The van der Waals surface area contributed by atoms with E-state index in [1.165, 1.54) is 23.8 Å². The number of thioether (sulfide) groups is 2. The number of aromatic nitrogens is 4. The van der Waals surface area contributed by atoms with Crippen molar-refractivity contribution in [3.8, 4) is 0 Å². The van der Waals surface area contributed by atoms with E-state index in [0.717, 1.165) is 22.2 Å². The first-order valence-corrected chi connectivity index (χ1v) is 10.1.